The Bertz CT molecular complexity index is 663. The van der Waals surface area contributed by atoms with Crippen LogP contribution >= 0.6 is 11.6 Å². The van der Waals surface area contributed by atoms with E-state index in [-0.39, 0.29) is 23.0 Å². The van der Waals surface area contributed by atoms with Gasteiger partial charge in [-0.15, -0.1) is 0 Å². The van der Waals surface area contributed by atoms with Crippen LogP contribution in [-0.4, -0.2) is 30.0 Å². The molecule has 21 heavy (non-hydrogen) atoms. The number of hydrogen-bond acceptors (Lipinski definition) is 4. The summed E-state index contributed by atoms with van der Waals surface area (Å²) in [5.74, 6) is -0.311. The number of hydrogen-bond donors (Lipinski definition) is 1. The van der Waals surface area contributed by atoms with Crippen molar-refractivity contribution >= 4 is 23.5 Å². The lowest BCUT2D eigenvalue weighted by atomic mass is 10.2. The van der Waals surface area contributed by atoms with Gasteiger partial charge in [-0.3, -0.25) is 4.79 Å². The Morgan fingerprint density at radius 1 is 1.38 bits per heavy atom. The molecule has 1 amide bonds. The number of rotatable bonds is 4. The van der Waals surface area contributed by atoms with Crippen LogP contribution in [0.15, 0.2) is 30.5 Å². The fourth-order valence-electron chi connectivity index (χ4n) is 1.64. The standard InChI is InChI=1S/C14H14ClFN4O/c1-20(2)14-17-6-5-10(19-14)8-18-13(21)11-4-3-9(16)7-12(11)15/h3-7H,8H2,1-2H3,(H,18,21). The van der Waals surface area contributed by atoms with Gasteiger partial charge >= 0.3 is 0 Å². The number of carbonyl (C=O) groups excluding carboxylic acids is 1. The maximum absolute atomic E-state index is 12.9. The van der Waals surface area contributed by atoms with Crippen molar-refractivity contribution in [2.24, 2.45) is 0 Å². The molecule has 5 nitrogen and oxygen atoms in total. The fraction of sp³-hybridized carbons (Fsp3) is 0.214. The van der Waals surface area contributed by atoms with E-state index in [1.54, 1.807) is 17.2 Å². The topological polar surface area (TPSA) is 58.1 Å². The van der Waals surface area contributed by atoms with Crippen molar-refractivity contribution in [3.63, 3.8) is 0 Å². The van der Waals surface area contributed by atoms with Crippen LogP contribution in [0.3, 0.4) is 0 Å². The van der Waals surface area contributed by atoms with Crippen molar-refractivity contribution in [2.75, 3.05) is 19.0 Å². The number of anilines is 1. The highest BCUT2D eigenvalue weighted by atomic mass is 35.5. The van der Waals surface area contributed by atoms with Gasteiger partial charge in [0.15, 0.2) is 0 Å². The summed E-state index contributed by atoms with van der Waals surface area (Å²) in [6.45, 7) is 0.232. The molecule has 0 spiro atoms. The summed E-state index contributed by atoms with van der Waals surface area (Å²) < 4.78 is 12.9. The molecule has 1 aromatic heterocycles. The fourth-order valence-corrected chi connectivity index (χ4v) is 1.89. The monoisotopic (exact) mass is 308 g/mol. The molecule has 1 aromatic carbocycles. The summed E-state index contributed by atoms with van der Waals surface area (Å²) in [7, 11) is 3.66. The molecule has 0 unspecified atom stereocenters. The minimum absolute atomic E-state index is 0.0733. The number of benzene rings is 1. The van der Waals surface area contributed by atoms with Crippen molar-refractivity contribution in [3.05, 3.63) is 52.6 Å². The molecule has 0 aliphatic rings. The number of aromatic nitrogens is 2. The third kappa shape index (κ3) is 3.88. The third-order valence-corrected chi connectivity index (χ3v) is 3.02. The van der Waals surface area contributed by atoms with Crippen molar-refractivity contribution in [1.82, 2.24) is 15.3 Å². The van der Waals surface area contributed by atoms with Gasteiger partial charge in [-0.25, -0.2) is 14.4 Å². The molecule has 110 valence electrons. The first kappa shape index (κ1) is 15.2. The predicted octanol–water partition coefficient (Wildman–Crippen LogP) is 2.27. The normalized spacial score (nSPS) is 10.3. The minimum Gasteiger partial charge on any atom is -0.347 e. The van der Waals surface area contributed by atoms with Crippen molar-refractivity contribution < 1.29 is 9.18 Å². The van der Waals surface area contributed by atoms with Crippen LogP contribution in [-0.2, 0) is 6.54 Å². The van der Waals surface area contributed by atoms with Crippen LogP contribution in [0.1, 0.15) is 16.1 Å². The van der Waals surface area contributed by atoms with Gasteiger partial charge in [0.05, 0.1) is 22.8 Å². The Morgan fingerprint density at radius 3 is 2.81 bits per heavy atom. The molecule has 0 radical (unpaired) electrons. The lowest BCUT2D eigenvalue weighted by Gasteiger charge is -2.11. The lowest BCUT2D eigenvalue weighted by molar-refractivity contribution is 0.0950. The van der Waals surface area contributed by atoms with E-state index in [0.717, 1.165) is 6.07 Å². The van der Waals surface area contributed by atoms with Gasteiger partial charge in [0, 0.05) is 20.3 Å². The Hall–Kier alpha value is -2.21. The summed E-state index contributed by atoms with van der Waals surface area (Å²) in [5, 5.41) is 2.76. The third-order valence-electron chi connectivity index (χ3n) is 2.71. The summed E-state index contributed by atoms with van der Waals surface area (Å²) in [5.41, 5.74) is 0.889. The molecule has 0 aliphatic heterocycles. The zero-order valence-corrected chi connectivity index (χ0v) is 12.4. The predicted molar refractivity (Wildman–Crippen MR) is 78.9 cm³/mol. The van der Waals surface area contributed by atoms with Crippen molar-refractivity contribution in [1.29, 1.82) is 0 Å². The first-order valence-electron chi connectivity index (χ1n) is 6.20. The number of carbonyl (C=O) groups is 1. The van der Waals surface area contributed by atoms with Gasteiger partial charge in [0.25, 0.3) is 5.91 Å². The molecular weight excluding hydrogens is 295 g/mol. The average molecular weight is 309 g/mol. The number of amides is 1. The Balaban J connectivity index is 2.05. The highest BCUT2D eigenvalue weighted by Crippen LogP contribution is 2.17. The molecule has 0 fully saturated rings. The molecule has 1 N–H and O–H groups in total. The van der Waals surface area contributed by atoms with Crippen LogP contribution in [0.25, 0.3) is 0 Å². The van der Waals surface area contributed by atoms with Crippen LogP contribution < -0.4 is 10.2 Å². The van der Waals surface area contributed by atoms with Gasteiger partial charge in [0.1, 0.15) is 5.82 Å². The second kappa shape index (κ2) is 6.49. The molecule has 0 atom stereocenters. The largest absolute Gasteiger partial charge is 0.347 e. The molecule has 2 rings (SSSR count). The van der Waals surface area contributed by atoms with Crippen LogP contribution in [0.2, 0.25) is 5.02 Å². The molecule has 0 aliphatic carbocycles. The quantitative estimate of drug-likeness (QED) is 0.941. The van der Waals surface area contributed by atoms with E-state index < -0.39 is 5.82 Å². The zero-order chi connectivity index (χ0) is 15.4. The zero-order valence-electron chi connectivity index (χ0n) is 11.6. The molecular formula is C14H14ClFN4O. The van der Waals surface area contributed by atoms with Crippen molar-refractivity contribution in [3.8, 4) is 0 Å². The summed E-state index contributed by atoms with van der Waals surface area (Å²) in [4.78, 5) is 22.1. The van der Waals surface area contributed by atoms with Crippen LogP contribution in [0, 0.1) is 5.82 Å². The highest BCUT2D eigenvalue weighted by Gasteiger charge is 2.11. The van der Waals surface area contributed by atoms with Crippen LogP contribution in [0.5, 0.6) is 0 Å². The highest BCUT2D eigenvalue weighted by molar-refractivity contribution is 6.33. The number of nitrogens with one attached hydrogen (secondary N) is 1. The van der Waals surface area contributed by atoms with E-state index in [1.165, 1.54) is 12.1 Å². The van der Waals surface area contributed by atoms with E-state index >= 15 is 0 Å². The SMILES string of the molecule is CN(C)c1nccc(CNC(=O)c2ccc(F)cc2Cl)n1. The number of halogens is 2. The Labute approximate surface area is 126 Å². The molecule has 7 heteroatoms. The minimum atomic E-state index is -0.483. The summed E-state index contributed by atoms with van der Waals surface area (Å²) >= 11 is 5.84. The summed E-state index contributed by atoms with van der Waals surface area (Å²) in [6, 6.07) is 5.35. The van der Waals surface area contributed by atoms with E-state index in [2.05, 4.69) is 15.3 Å². The van der Waals surface area contributed by atoms with Gasteiger partial charge in [0.2, 0.25) is 5.95 Å². The van der Waals surface area contributed by atoms with Gasteiger partial charge < -0.3 is 10.2 Å². The molecule has 2 aromatic rings. The number of nitrogens with zero attached hydrogens (tertiary/aromatic N) is 3. The molecule has 0 saturated heterocycles. The Morgan fingerprint density at radius 2 is 2.14 bits per heavy atom. The van der Waals surface area contributed by atoms with Gasteiger partial charge in [-0.2, -0.15) is 0 Å². The summed E-state index contributed by atoms with van der Waals surface area (Å²) in [6.07, 6.45) is 1.62. The van der Waals surface area contributed by atoms with Gasteiger partial charge in [-0.05, 0) is 24.3 Å². The molecule has 0 bridgehead atoms. The second-order valence-corrected chi connectivity index (χ2v) is 4.96. The van der Waals surface area contributed by atoms with Crippen molar-refractivity contribution in [2.45, 2.75) is 6.54 Å². The smallest absolute Gasteiger partial charge is 0.253 e. The maximum Gasteiger partial charge on any atom is 0.253 e. The molecule has 0 saturated carbocycles. The average Bonchev–Trinajstić information content (AvgIpc) is 2.45. The molecule has 1 heterocycles. The van der Waals surface area contributed by atoms with E-state index in [0.29, 0.717) is 11.6 Å². The van der Waals surface area contributed by atoms with Crippen LogP contribution in [0.4, 0.5) is 10.3 Å². The lowest BCUT2D eigenvalue weighted by Crippen LogP contribution is -2.24. The second-order valence-electron chi connectivity index (χ2n) is 4.55. The van der Waals surface area contributed by atoms with E-state index in [4.69, 9.17) is 11.6 Å². The van der Waals surface area contributed by atoms with E-state index in [9.17, 15) is 9.18 Å². The first-order chi connectivity index (χ1) is 9.97. The first-order valence-corrected chi connectivity index (χ1v) is 6.57. The van der Waals surface area contributed by atoms with E-state index in [1.807, 2.05) is 14.1 Å². The maximum atomic E-state index is 12.9. The Kier molecular flexibility index (Phi) is 4.70. The van der Waals surface area contributed by atoms with Gasteiger partial charge in [-0.1, -0.05) is 11.6 Å².